The van der Waals surface area contributed by atoms with Crippen LogP contribution in [0.25, 0.3) is 0 Å². The SMILES string of the molecule is COc1ccc(CCNC(=O)c2cncc(Nc3cc(C)cc(C)c3)c2)cc1. The molecule has 0 saturated heterocycles. The summed E-state index contributed by atoms with van der Waals surface area (Å²) in [6, 6.07) is 15.9. The van der Waals surface area contributed by atoms with Gasteiger partial charge in [0.1, 0.15) is 5.75 Å². The van der Waals surface area contributed by atoms with Gasteiger partial charge in [0.15, 0.2) is 0 Å². The number of aryl methyl sites for hydroxylation is 2. The Kier molecular flexibility index (Phi) is 6.27. The maximum atomic E-state index is 12.4. The van der Waals surface area contributed by atoms with Gasteiger partial charge in [0.05, 0.1) is 24.6 Å². The number of rotatable bonds is 7. The minimum Gasteiger partial charge on any atom is -0.497 e. The third-order valence-corrected chi connectivity index (χ3v) is 4.37. The van der Waals surface area contributed by atoms with Crippen LogP contribution in [-0.2, 0) is 6.42 Å². The molecule has 3 rings (SSSR count). The van der Waals surface area contributed by atoms with Crippen LogP contribution in [0.3, 0.4) is 0 Å². The first-order valence-corrected chi connectivity index (χ1v) is 9.25. The van der Waals surface area contributed by atoms with E-state index in [1.165, 1.54) is 11.1 Å². The average molecular weight is 375 g/mol. The molecular formula is C23H25N3O2. The summed E-state index contributed by atoms with van der Waals surface area (Å²) in [5.74, 6) is 0.692. The van der Waals surface area contributed by atoms with Crippen molar-refractivity contribution in [1.82, 2.24) is 10.3 Å². The minimum absolute atomic E-state index is 0.134. The second-order valence-electron chi connectivity index (χ2n) is 6.82. The van der Waals surface area contributed by atoms with Crippen LogP contribution in [0.1, 0.15) is 27.0 Å². The summed E-state index contributed by atoms with van der Waals surface area (Å²) >= 11 is 0. The van der Waals surface area contributed by atoms with E-state index in [0.717, 1.165) is 29.1 Å². The number of aromatic nitrogens is 1. The van der Waals surface area contributed by atoms with E-state index >= 15 is 0 Å². The van der Waals surface area contributed by atoms with E-state index in [4.69, 9.17) is 4.74 Å². The van der Waals surface area contributed by atoms with Gasteiger partial charge in [0, 0.05) is 18.4 Å². The first kappa shape index (κ1) is 19.4. The number of nitrogens with zero attached hydrogens (tertiary/aromatic N) is 1. The summed E-state index contributed by atoms with van der Waals surface area (Å²) in [7, 11) is 1.65. The van der Waals surface area contributed by atoms with Gasteiger partial charge in [0.25, 0.3) is 5.91 Å². The lowest BCUT2D eigenvalue weighted by Crippen LogP contribution is -2.25. The fourth-order valence-electron chi connectivity index (χ4n) is 3.06. The molecule has 5 nitrogen and oxygen atoms in total. The van der Waals surface area contributed by atoms with Crippen LogP contribution in [0.15, 0.2) is 60.9 Å². The zero-order chi connectivity index (χ0) is 19.9. The number of methoxy groups -OCH3 is 1. The number of hydrogen-bond donors (Lipinski definition) is 2. The second kappa shape index (κ2) is 9.04. The minimum atomic E-state index is -0.134. The Bertz CT molecular complexity index is 932. The van der Waals surface area contributed by atoms with Crippen LogP contribution < -0.4 is 15.4 Å². The Morgan fingerprint density at radius 2 is 1.68 bits per heavy atom. The molecule has 0 atom stereocenters. The third-order valence-electron chi connectivity index (χ3n) is 4.37. The number of pyridine rings is 1. The number of carbonyl (C=O) groups is 1. The molecule has 0 aliphatic heterocycles. The molecule has 0 fully saturated rings. The molecule has 1 heterocycles. The second-order valence-corrected chi connectivity index (χ2v) is 6.82. The highest BCUT2D eigenvalue weighted by Gasteiger charge is 2.07. The normalized spacial score (nSPS) is 10.4. The molecule has 1 aromatic heterocycles. The summed E-state index contributed by atoms with van der Waals surface area (Å²) in [4.78, 5) is 16.6. The molecule has 3 aromatic rings. The van der Waals surface area contributed by atoms with Gasteiger partial charge in [-0.15, -0.1) is 0 Å². The number of amides is 1. The highest BCUT2D eigenvalue weighted by molar-refractivity contribution is 5.94. The van der Waals surface area contributed by atoms with E-state index in [1.807, 2.05) is 30.3 Å². The Balaban J connectivity index is 1.58. The van der Waals surface area contributed by atoms with Gasteiger partial charge in [-0.2, -0.15) is 0 Å². The number of anilines is 2. The molecule has 0 radical (unpaired) electrons. The molecule has 0 bridgehead atoms. The van der Waals surface area contributed by atoms with E-state index in [9.17, 15) is 4.79 Å². The van der Waals surface area contributed by atoms with Gasteiger partial charge < -0.3 is 15.4 Å². The Labute approximate surface area is 165 Å². The monoisotopic (exact) mass is 375 g/mol. The van der Waals surface area contributed by atoms with Crippen molar-refractivity contribution in [2.24, 2.45) is 0 Å². The molecule has 0 aliphatic carbocycles. The van der Waals surface area contributed by atoms with Crippen molar-refractivity contribution >= 4 is 17.3 Å². The van der Waals surface area contributed by atoms with Gasteiger partial charge in [-0.3, -0.25) is 9.78 Å². The van der Waals surface area contributed by atoms with E-state index < -0.39 is 0 Å². The number of hydrogen-bond acceptors (Lipinski definition) is 4. The first-order valence-electron chi connectivity index (χ1n) is 9.25. The van der Waals surface area contributed by atoms with Crippen molar-refractivity contribution < 1.29 is 9.53 Å². The van der Waals surface area contributed by atoms with Crippen LogP contribution >= 0.6 is 0 Å². The molecule has 2 aromatic carbocycles. The fraction of sp³-hybridized carbons (Fsp3) is 0.217. The Morgan fingerprint density at radius 3 is 2.36 bits per heavy atom. The molecule has 0 aliphatic rings. The van der Waals surface area contributed by atoms with Gasteiger partial charge in [-0.25, -0.2) is 0 Å². The molecule has 144 valence electrons. The maximum Gasteiger partial charge on any atom is 0.252 e. The first-order chi connectivity index (χ1) is 13.5. The van der Waals surface area contributed by atoms with Crippen LogP contribution in [-0.4, -0.2) is 24.5 Å². The summed E-state index contributed by atoms with van der Waals surface area (Å²) in [5, 5.41) is 6.27. The van der Waals surface area contributed by atoms with Gasteiger partial charge in [-0.05, 0) is 67.3 Å². The number of benzene rings is 2. The van der Waals surface area contributed by atoms with Crippen molar-refractivity contribution in [2.75, 3.05) is 19.0 Å². The van der Waals surface area contributed by atoms with Crippen molar-refractivity contribution in [1.29, 1.82) is 0 Å². The van der Waals surface area contributed by atoms with E-state index in [0.29, 0.717) is 12.1 Å². The Hall–Kier alpha value is -3.34. The predicted octanol–water partition coefficient (Wildman–Crippen LogP) is 4.42. The average Bonchev–Trinajstić information content (AvgIpc) is 2.68. The summed E-state index contributed by atoms with van der Waals surface area (Å²) in [6.07, 6.45) is 4.05. The molecule has 5 heteroatoms. The van der Waals surface area contributed by atoms with Crippen molar-refractivity contribution in [3.05, 3.63) is 83.2 Å². The van der Waals surface area contributed by atoms with Gasteiger partial charge in [-0.1, -0.05) is 18.2 Å². The van der Waals surface area contributed by atoms with E-state index in [-0.39, 0.29) is 5.91 Å². The largest absolute Gasteiger partial charge is 0.497 e. The number of ether oxygens (including phenoxy) is 1. The fourth-order valence-corrected chi connectivity index (χ4v) is 3.06. The molecule has 0 saturated carbocycles. The topological polar surface area (TPSA) is 63.2 Å². The highest BCUT2D eigenvalue weighted by Crippen LogP contribution is 2.20. The molecule has 0 spiro atoms. The number of carbonyl (C=O) groups excluding carboxylic acids is 1. The van der Waals surface area contributed by atoms with E-state index in [2.05, 4.69) is 47.7 Å². The molecule has 28 heavy (non-hydrogen) atoms. The quantitative estimate of drug-likeness (QED) is 0.641. The highest BCUT2D eigenvalue weighted by atomic mass is 16.5. The summed E-state index contributed by atoms with van der Waals surface area (Å²) in [5.41, 5.74) is 5.81. The van der Waals surface area contributed by atoms with Crippen molar-refractivity contribution in [3.8, 4) is 5.75 Å². The van der Waals surface area contributed by atoms with Crippen molar-refractivity contribution in [3.63, 3.8) is 0 Å². The third kappa shape index (κ3) is 5.33. The smallest absolute Gasteiger partial charge is 0.252 e. The van der Waals surface area contributed by atoms with Gasteiger partial charge in [0.2, 0.25) is 0 Å². The summed E-state index contributed by atoms with van der Waals surface area (Å²) in [6.45, 7) is 4.67. The zero-order valence-electron chi connectivity index (χ0n) is 16.5. The van der Waals surface area contributed by atoms with Crippen LogP contribution in [0.5, 0.6) is 5.75 Å². The molecule has 0 unspecified atom stereocenters. The van der Waals surface area contributed by atoms with Crippen LogP contribution in [0.4, 0.5) is 11.4 Å². The standard InChI is InChI=1S/C23H25N3O2/c1-16-10-17(2)12-20(11-16)26-21-13-19(14-24-15-21)23(27)25-9-8-18-4-6-22(28-3)7-5-18/h4-7,10-15,26H,8-9H2,1-3H3,(H,25,27). The lowest BCUT2D eigenvalue weighted by atomic mass is 10.1. The maximum absolute atomic E-state index is 12.4. The lowest BCUT2D eigenvalue weighted by Gasteiger charge is -2.10. The van der Waals surface area contributed by atoms with Crippen LogP contribution in [0, 0.1) is 13.8 Å². The molecular weight excluding hydrogens is 350 g/mol. The zero-order valence-corrected chi connectivity index (χ0v) is 16.5. The molecule has 2 N–H and O–H groups in total. The van der Waals surface area contributed by atoms with Gasteiger partial charge >= 0.3 is 0 Å². The Morgan fingerprint density at radius 1 is 0.964 bits per heavy atom. The van der Waals surface area contributed by atoms with E-state index in [1.54, 1.807) is 19.5 Å². The van der Waals surface area contributed by atoms with Crippen LogP contribution in [0.2, 0.25) is 0 Å². The molecule has 1 amide bonds. The number of nitrogens with one attached hydrogen (secondary N) is 2. The summed E-state index contributed by atoms with van der Waals surface area (Å²) < 4.78 is 5.15. The lowest BCUT2D eigenvalue weighted by molar-refractivity contribution is 0.0954. The predicted molar refractivity (Wildman–Crippen MR) is 112 cm³/mol. The van der Waals surface area contributed by atoms with Crippen molar-refractivity contribution in [2.45, 2.75) is 20.3 Å².